The van der Waals surface area contributed by atoms with Gasteiger partial charge in [-0.05, 0) is 37.5 Å². The highest BCUT2D eigenvalue weighted by Crippen LogP contribution is 2.43. The Morgan fingerprint density at radius 3 is 2.48 bits per heavy atom. The Labute approximate surface area is 125 Å². The summed E-state index contributed by atoms with van der Waals surface area (Å²) in [4.78, 5) is 24.4. The van der Waals surface area contributed by atoms with Gasteiger partial charge >= 0.3 is 12.0 Å². The molecule has 0 bridgehead atoms. The smallest absolute Gasteiger partial charge is 0.329 e. The quantitative estimate of drug-likeness (QED) is 0.784. The van der Waals surface area contributed by atoms with Crippen molar-refractivity contribution in [1.29, 1.82) is 0 Å². The Hall–Kier alpha value is -1.30. The molecule has 6 nitrogen and oxygen atoms in total. The average molecular weight is 298 g/mol. The third-order valence-corrected chi connectivity index (χ3v) is 4.95. The van der Waals surface area contributed by atoms with E-state index in [1.54, 1.807) is 0 Å². The largest absolute Gasteiger partial charge is 0.480 e. The Bertz CT molecular complexity index is 368. The predicted molar refractivity (Wildman–Crippen MR) is 78.2 cm³/mol. The van der Waals surface area contributed by atoms with Crippen LogP contribution in [0.25, 0.3) is 0 Å². The molecule has 0 radical (unpaired) electrons. The van der Waals surface area contributed by atoms with Gasteiger partial charge in [-0.15, -0.1) is 0 Å². The molecule has 1 saturated carbocycles. The molecule has 2 amide bonds. The van der Waals surface area contributed by atoms with Gasteiger partial charge in [-0.25, -0.2) is 9.59 Å². The molecule has 0 aromatic rings. The number of carboxylic acids is 1. The maximum atomic E-state index is 12.2. The molecule has 2 rings (SSSR count). The fourth-order valence-electron chi connectivity index (χ4n) is 3.12. The Morgan fingerprint density at radius 2 is 2.00 bits per heavy atom. The lowest BCUT2D eigenvalue weighted by Gasteiger charge is -2.42. The number of carboxylic acid groups (broad SMARTS) is 1. The summed E-state index contributed by atoms with van der Waals surface area (Å²) in [7, 11) is 0. The lowest BCUT2D eigenvalue weighted by molar-refractivity contribution is -0.145. The minimum absolute atomic E-state index is 0.00593. The fourth-order valence-corrected chi connectivity index (χ4v) is 3.12. The molecule has 0 spiro atoms. The lowest BCUT2D eigenvalue weighted by atomic mass is 9.67. The van der Waals surface area contributed by atoms with Crippen LogP contribution in [0, 0.1) is 5.41 Å². The number of urea groups is 1. The number of hydrogen-bond acceptors (Lipinski definition) is 3. The maximum Gasteiger partial charge on any atom is 0.329 e. The van der Waals surface area contributed by atoms with Crippen molar-refractivity contribution in [2.24, 2.45) is 5.41 Å². The van der Waals surface area contributed by atoms with Crippen molar-refractivity contribution in [3.63, 3.8) is 0 Å². The summed E-state index contributed by atoms with van der Waals surface area (Å²) >= 11 is 0. The second-order valence-electron chi connectivity index (χ2n) is 6.26. The van der Waals surface area contributed by atoms with Gasteiger partial charge in [0.05, 0.1) is 6.10 Å². The van der Waals surface area contributed by atoms with Crippen LogP contribution in [0.4, 0.5) is 4.79 Å². The number of piperidine rings is 1. The van der Waals surface area contributed by atoms with Crippen LogP contribution < -0.4 is 5.32 Å². The molecule has 1 heterocycles. The standard InChI is InChI=1S/C15H26N2O4/c1-2-15(6-3-7-15)11-16-14(20)17-8-4-12(5-9-17)21-10-13(18)19/h12H,2-11H2,1H3,(H,16,20)(H,18,19). The number of carbonyl (C=O) groups excluding carboxylic acids is 1. The molecule has 2 N–H and O–H groups in total. The van der Waals surface area contributed by atoms with Gasteiger partial charge in [-0.2, -0.15) is 0 Å². The number of aliphatic carboxylic acids is 1. The van der Waals surface area contributed by atoms with Gasteiger partial charge in [0.25, 0.3) is 0 Å². The van der Waals surface area contributed by atoms with Crippen LogP contribution in [0.1, 0.15) is 45.4 Å². The third-order valence-electron chi connectivity index (χ3n) is 4.95. The van der Waals surface area contributed by atoms with Crippen LogP contribution in [0.5, 0.6) is 0 Å². The second-order valence-corrected chi connectivity index (χ2v) is 6.26. The SMILES string of the molecule is CCC1(CNC(=O)N2CCC(OCC(=O)O)CC2)CCC1. The Morgan fingerprint density at radius 1 is 1.33 bits per heavy atom. The molecular weight excluding hydrogens is 272 g/mol. The normalized spacial score (nSPS) is 21.7. The summed E-state index contributed by atoms with van der Waals surface area (Å²) < 4.78 is 5.27. The third kappa shape index (κ3) is 4.33. The average Bonchev–Trinajstić information content (AvgIpc) is 2.44. The molecule has 1 aliphatic carbocycles. The molecule has 0 aromatic heterocycles. The van der Waals surface area contributed by atoms with E-state index >= 15 is 0 Å². The van der Waals surface area contributed by atoms with Gasteiger partial charge in [-0.1, -0.05) is 13.3 Å². The van der Waals surface area contributed by atoms with Gasteiger partial charge in [0.1, 0.15) is 6.61 Å². The van der Waals surface area contributed by atoms with Crippen LogP contribution in [0.3, 0.4) is 0 Å². The van der Waals surface area contributed by atoms with E-state index in [-0.39, 0.29) is 18.7 Å². The summed E-state index contributed by atoms with van der Waals surface area (Å²) in [6.07, 6.45) is 6.20. The predicted octanol–water partition coefficient (Wildman–Crippen LogP) is 1.84. The van der Waals surface area contributed by atoms with Gasteiger partial charge < -0.3 is 20.1 Å². The number of amides is 2. The minimum Gasteiger partial charge on any atom is -0.480 e. The molecule has 120 valence electrons. The van der Waals surface area contributed by atoms with Crippen LogP contribution in [0.15, 0.2) is 0 Å². The van der Waals surface area contributed by atoms with Crippen LogP contribution in [-0.2, 0) is 9.53 Å². The zero-order valence-electron chi connectivity index (χ0n) is 12.8. The summed E-state index contributed by atoms with van der Waals surface area (Å²) in [6.45, 7) is 3.98. The van der Waals surface area contributed by atoms with Gasteiger partial charge in [0.2, 0.25) is 0 Å². The van der Waals surface area contributed by atoms with Crippen LogP contribution in [-0.4, -0.2) is 54.4 Å². The zero-order valence-corrected chi connectivity index (χ0v) is 12.8. The highest BCUT2D eigenvalue weighted by molar-refractivity contribution is 5.74. The van der Waals surface area contributed by atoms with E-state index in [9.17, 15) is 9.59 Å². The summed E-state index contributed by atoms with van der Waals surface area (Å²) in [6, 6.07) is 0.00593. The first kappa shape index (κ1) is 16.1. The topological polar surface area (TPSA) is 78.9 Å². The summed E-state index contributed by atoms with van der Waals surface area (Å²) in [5, 5.41) is 11.6. The first-order valence-electron chi connectivity index (χ1n) is 7.91. The van der Waals surface area contributed by atoms with Gasteiger partial charge in [-0.3, -0.25) is 0 Å². The molecule has 6 heteroatoms. The molecule has 1 saturated heterocycles. The first-order valence-corrected chi connectivity index (χ1v) is 7.91. The van der Waals surface area contributed by atoms with E-state index in [0.29, 0.717) is 31.3 Å². The van der Waals surface area contributed by atoms with Crippen molar-refractivity contribution in [2.75, 3.05) is 26.2 Å². The molecule has 0 aromatic carbocycles. The van der Waals surface area contributed by atoms with E-state index in [0.717, 1.165) is 13.0 Å². The Balaban J connectivity index is 1.67. The number of carbonyl (C=O) groups is 2. The highest BCUT2D eigenvalue weighted by Gasteiger charge is 2.35. The van der Waals surface area contributed by atoms with Crippen molar-refractivity contribution in [3.8, 4) is 0 Å². The van der Waals surface area contributed by atoms with Crippen molar-refractivity contribution < 1.29 is 19.4 Å². The molecule has 2 fully saturated rings. The van der Waals surface area contributed by atoms with Gasteiger partial charge in [0.15, 0.2) is 0 Å². The summed E-state index contributed by atoms with van der Waals surface area (Å²) in [5.74, 6) is -0.944. The van der Waals surface area contributed by atoms with E-state index < -0.39 is 5.97 Å². The molecule has 21 heavy (non-hydrogen) atoms. The van der Waals surface area contributed by atoms with E-state index in [2.05, 4.69) is 12.2 Å². The minimum atomic E-state index is -0.944. The number of rotatable bonds is 6. The number of nitrogens with one attached hydrogen (secondary N) is 1. The summed E-state index contributed by atoms with van der Waals surface area (Å²) in [5.41, 5.74) is 0.332. The van der Waals surface area contributed by atoms with Crippen LogP contribution >= 0.6 is 0 Å². The van der Waals surface area contributed by atoms with Crippen molar-refractivity contribution in [2.45, 2.75) is 51.6 Å². The first-order chi connectivity index (χ1) is 10.0. The van der Waals surface area contributed by atoms with Gasteiger partial charge in [0, 0.05) is 19.6 Å². The van der Waals surface area contributed by atoms with Crippen molar-refractivity contribution >= 4 is 12.0 Å². The monoisotopic (exact) mass is 298 g/mol. The number of ether oxygens (including phenoxy) is 1. The van der Waals surface area contributed by atoms with E-state index in [1.807, 2.05) is 4.90 Å². The lowest BCUT2D eigenvalue weighted by Crippen LogP contribution is -2.49. The molecular formula is C15H26N2O4. The number of likely N-dealkylation sites (tertiary alicyclic amines) is 1. The molecule has 2 aliphatic rings. The number of nitrogens with zero attached hydrogens (tertiary/aromatic N) is 1. The zero-order chi connectivity index (χ0) is 15.3. The molecule has 0 unspecified atom stereocenters. The fraction of sp³-hybridized carbons (Fsp3) is 0.867. The maximum absolute atomic E-state index is 12.2. The van der Waals surface area contributed by atoms with E-state index in [1.165, 1.54) is 19.3 Å². The van der Waals surface area contributed by atoms with Crippen LogP contribution in [0.2, 0.25) is 0 Å². The molecule has 1 aliphatic heterocycles. The van der Waals surface area contributed by atoms with E-state index in [4.69, 9.17) is 9.84 Å². The van der Waals surface area contributed by atoms with Crippen molar-refractivity contribution in [3.05, 3.63) is 0 Å². The second kappa shape index (κ2) is 7.11. The number of hydrogen-bond donors (Lipinski definition) is 2. The Kier molecular flexibility index (Phi) is 5.45. The highest BCUT2D eigenvalue weighted by atomic mass is 16.5. The molecule has 0 atom stereocenters. The van der Waals surface area contributed by atoms with Crippen molar-refractivity contribution in [1.82, 2.24) is 10.2 Å².